The first-order valence-electron chi connectivity index (χ1n) is 8.66. The van der Waals surface area contributed by atoms with Crippen LogP contribution in [0.15, 0.2) is 24.3 Å². The van der Waals surface area contributed by atoms with E-state index in [9.17, 15) is 0 Å². The highest BCUT2D eigenvalue weighted by molar-refractivity contribution is 6.60. The molecule has 1 aromatic carbocycles. The summed E-state index contributed by atoms with van der Waals surface area (Å²) < 4.78 is 32.6. The van der Waals surface area contributed by atoms with Crippen molar-refractivity contribution in [1.29, 1.82) is 0 Å². The van der Waals surface area contributed by atoms with Crippen molar-refractivity contribution in [3.63, 3.8) is 0 Å². The van der Waals surface area contributed by atoms with Gasteiger partial charge in [-0.05, 0) is 30.5 Å². The van der Waals surface area contributed by atoms with E-state index in [1.54, 1.807) is 42.7 Å². The maximum atomic E-state index is 5.46. The Hall–Kier alpha value is -0.786. The molecule has 0 bridgehead atoms. The first-order chi connectivity index (χ1) is 12.5. The predicted octanol–water partition coefficient (Wildman–Crippen LogP) is 2.79. The molecule has 0 aliphatic rings. The highest BCUT2D eigenvalue weighted by atomic mass is 28.4. The summed E-state index contributed by atoms with van der Waals surface area (Å²) in [5, 5.41) is 3.41. The molecule has 0 radical (unpaired) electrons. The second kappa shape index (κ2) is 11.8. The van der Waals surface area contributed by atoms with Crippen LogP contribution in [-0.4, -0.2) is 66.8 Å². The molecule has 0 aliphatic carbocycles. The van der Waals surface area contributed by atoms with Gasteiger partial charge in [-0.25, -0.2) is 0 Å². The van der Waals surface area contributed by atoms with Gasteiger partial charge in [-0.2, -0.15) is 0 Å². The summed E-state index contributed by atoms with van der Waals surface area (Å²) in [6.45, 7) is 0.831. The van der Waals surface area contributed by atoms with Gasteiger partial charge in [0.2, 0.25) is 0 Å². The van der Waals surface area contributed by atoms with E-state index < -0.39 is 17.6 Å². The lowest BCUT2D eigenvalue weighted by Gasteiger charge is -2.24. The van der Waals surface area contributed by atoms with Crippen LogP contribution >= 0.6 is 0 Å². The molecule has 1 N–H and O–H groups in total. The van der Waals surface area contributed by atoms with E-state index in [0.717, 1.165) is 37.2 Å². The Balaban J connectivity index is 2.43. The highest BCUT2D eigenvalue weighted by Gasteiger charge is 2.37. The van der Waals surface area contributed by atoms with Crippen molar-refractivity contribution in [2.24, 2.45) is 0 Å². The third kappa shape index (κ3) is 6.74. The predicted molar refractivity (Wildman–Crippen MR) is 106 cm³/mol. The second-order valence-corrected chi connectivity index (χ2v) is 12.0. The Morgan fingerprint density at radius 1 is 0.692 bits per heavy atom. The summed E-state index contributed by atoms with van der Waals surface area (Å²) in [5.74, 6) is 0. The minimum atomic E-state index is -2.52. The summed E-state index contributed by atoms with van der Waals surface area (Å²) in [4.78, 5) is 0. The number of hydrogen-bond acceptors (Lipinski definition) is 7. The summed E-state index contributed by atoms with van der Waals surface area (Å²) in [5.41, 5.74) is 2.31. The average molecular weight is 404 g/mol. The lowest BCUT2D eigenvalue weighted by Crippen LogP contribution is -2.43. The molecule has 0 atom stereocenters. The van der Waals surface area contributed by atoms with E-state index in [1.165, 1.54) is 5.56 Å². The van der Waals surface area contributed by atoms with Crippen LogP contribution < -0.4 is 5.32 Å². The van der Waals surface area contributed by atoms with Gasteiger partial charge in [0.25, 0.3) is 0 Å². The van der Waals surface area contributed by atoms with Crippen molar-refractivity contribution >= 4 is 23.3 Å². The number of anilines is 1. The Kier molecular flexibility index (Phi) is 10.6. The average Bonchev–Trinajstić information content (AvgIpc) is 2.71. The summed E-state index contributed by atoms with van der Waals surface area (Å²) in [6.07, 6.45) is 1.76. The first-order valence-corrected chi connectivity index (χ1v) is 12.5. The van der Waals surface area contributed by atoms with Crippen LogP contribution in [0.4, 0.5) is 5.69 Å². The van der Waals surface area contributed by atoms with Gasteiger partial charge < -0.3 is 31.9 Å². The SMILES string of the molecule is CO[Si](CCCNc1ccc(CC[Si](OC)(OC)OC)cc1)(OC)OC. The van der Waals surface area contributed by atoms with E-state index in [1.807, 2.05) is 0 Å². The summed E-state index contributed by atoms with van der Waals surface area (Å²) >= 11 is 0. The van der Waals surface area contributed by atoms with Crippen molar-refractivity contribution in [3.05, 3.63) is 29.8 Å². The van der Waals surface area contributed by atoms with E-state index >= 15 is 0 Å². The number of benzene rings is 1. The van der Waals surface area contributed by atoms with Crippen LogP contribution in [0.3, 0.4) is 0 Å². The maximum absolute atomic E-state index is 5.46. The number of aryl methyl sites for hydroxylation is 1. The van der Waals surface area contributed by atoms with Crippen molar-refractivity contribution in [2.75, 3.05) is 54.5 Å². The largest absolute Gasteiger partial charge is 0.500 e. The van der Waals surface area contributed by atoms with Gasteiger partial charge in [0.1, 0.15) is 0 Å². The molecule has 26 heavy (non-hydrogen) atoms. The van der Waals surface area contributed by atoms with Gasteiger partial charge in [-0.1, -0.05) is 12.1 Å². The van der Waals surface area contributed by atoms with Crippen molar-refractivity contribution in [1.82, 2.24) is 0 Å². The first kappa shape index (κ1) is 23.3. The molecular formula is C17H33NO6Si2. The number of hydrogen-bond donors (Lipinski definition) is 1. The highest BCUT2D eigenvalue weighted by Crippen LogP contribution is 2.19. The normalized spacial score (nSPS) is 12.4. The van der Waals surface area contributed by atoms with Crippen LogP contribution in [0.1, 0.15) is 12.0 Å². The van der Waals surface area contributed by atoms with Crippen LogP contribution in [0.5, 0.6) is 0 Å². The van der Waals surface area contributed by atoms with Crippen LogP contribution in [0.2, 0.25) is 12.1 Å². The third-order valence-corrected chi connectivity index (χ3v) is 10.1. The molecule has 9 heteroatoms. The fourth-order valence-corrected chi connectivity index (χ4v) is 6.17. The fraction of sp³-hybridized carbons (Fsp3) is 0.647. The van der Waals surface area contributed by atoms with Gasteiger partial charge in [-0.3, -0.25) is 0 Å². The summed E-state index contributed by atoms with van der Waals surface area (Å²) in [7, 11) is 4.84. The Bertz CT molecular complexity index is 478. The Labute approximate surface area is 159 Å². The molecule has 0 aromatic heterocycles. The lowest BCUT2D eigenvalue weighted by molar-refractivity contribution is 0.123. The minimum absolute atomic E-state index is 0.751. The van der Waals surface area contributed by atoms with Crippen LogP contribution in [0.25, 0.3) is 0 Å². The summed E-state index contributed by atoms with van der Waals surface area (Å²) in [6, 6.07) is 9.92. The van der Waals surface area contributed by atoms with Crippen LogP contribution in [-0.2, 0) is 33.0 Å². The van der Waals surface area contributed by atoms with Gasteiger partial charge >= 0.3 is 17.6 Å². The van der Waals surface area contributed by atoms with E-state index in [2.05, 4.69) is 29.6 Å². The third-order valence-electron chi connectivity index (χ3n) is 4.53. The smallest absolute Gasteiger partial charge is 0.385 e. The van der Waals surface area contributed by atoms with Crippen molar-refractivity contribution < 1.29 is 26.6 Å². The second-order valence-electron chi connectivity index (χ2n) is 5.82. The zero-order valence-electron chi connectivity index (χ0n) is 16.8. The lowest BCUT2D eigenvalue weighted by atomic mass is 10.1. The molecule has 0 aliphatic heterocycles. The Morgan fingerprint density at radius 2 is 1.15 bits per heavy atom. The maximum Gasteiger partial charge on any atom is 0.500 e. The van der Waals surface area contributed by atoms with E-state index in [0.29, 0.717) is 0 Å². The monoisotopic (exact) mass is 403 g/mol. The molecule has 1 aromatic rings. The topological polar surface area (TPSA) is 67.4 Å². The van der Waals surface area contributed by atoms with Gasteiger partial charge in [-0.15, -0.1) is 0 Å². The van der Waals surface area contributed by atoms with Gasteiger partial charge in [0, 0.05) is 67.0 Å². The van der Waals surface area contributed by atoms with Crippen LogP contribution in [0, 0.1) is 0 Å². The standard InChI is InChI=1S/C17H33NO6Si2/c1-19-25(20-2,21-3)14-7-13-18-17-10-8-16(9-11-17)12-15-26(22-4,23-5)24-6/h8-11,18H,7,12-15H2,1-6H3. The van der Waals surface area contributed by atoms with E-state index in [-0.39, 0.29) is 0 Å². The molecule has 0 amide bonds. The number of nitrogens with one attached hydrogen (secondary N) is 1. The molecule has 0 unspecified atom stereocenters. The Morgan fingerprint density at radius 3 is 1.62 bits per heavy atom. The molecule has 7 nitrogen and oxygen atoms in total. The molecule has 0 saturated heterocycles. The zero-order chi connectivity index (χ0) is 19.5. The molecule has 0 heterocycles. The number of rotatable bonds is 14. The molecular weight excluding hydrogens is 370 g/mol. The molecule has 150 valence electrons. The minimum Gasteiger partial charge on any atom is -0.385 e. The quantitative estimate of drug-likeness (QED) is 0.378. The van der Waals surface area contributed by atoms with Crippen molar-refractivity contribution in [3.8, 4) is 0 Å². The molecule has 0 fully saturated rings. The van der Waals surface area contributed by atoms with E-state index in [4.69, 9.17) is 26.6 Å². The zero-order valence-corrected chi connectivity index (χ0v) is 18.8. The molecule has 0 saturated carbocycles. The van der Waals surface area contributed by atoms with Crippen molar-refractivity contribution in [2.45, 2.75) is 24.9 Å². The van der Waals surface area contributed by atoms with Gasteiger partial charge in [0.15, 0.2) is 0 Å². The van der Waals surface area contributed by atoms with Gasteiger partial charge in [0.05, 0.1) is 0 Å². The molecule has 1 rings (SSSR count). The fourth-order valence-electron chi connectivity index (χ4n) is 2.74. The molecule has 0 spiro atoms.